The second-order valence-electron chi connectivity index (χ2n) is 4.95. The van der Waals surface area contributed by atoms with Crippen molar-refractivity contribution in [2.24, 2.45) is 5.73 Å². The first-order valence-corrected chi connectivity index (χ1v) is 6.00. The van der Waals surface area contributed by atoms with E-state index in [1.807, 2.05) is 0 Å². The van der Waals surface area contributed by atoms with E-state index in [1.54, 1.807) is 0 Å². The second-order valence-corrected chi connectivity index (χ2v) is 4.95. The molecule has 1 saturated carbocycles. The van der Waals surface area contributed by atoms with Gasteiger partial charge in [-0.3, -0.25) is 4.90 Å². The van der Waals surface area contributed by atoms with E-state index in [-0.39, 0.29) is 12.6 Å². The summed E-state index contributed by atoms with van der Waals surface area (Å²) in [5, 5.41) is 9.05. The van der Waals surface area contributed by atoms with Gasteiger partial charge in [0.2, 0.25) is 0 Å². The molecule has 0 spiro atoms. The van der Waals surface area contributed by atoms with Crippen molar-refractivity contribution in [2.75, 3.05) is 6.61 Å². The molecular formula is C13H18N2O. The summed E-state index contributed by atoms with van der Waals surface area (Å²) in [7, 11) is 0. The number of aliphatic hydroxyl groups excluding tert-OH is 1. The Bertz CT molecular complexity index is 401. The van der Waals surface area contributed by atoms with Gasteiger partial charge in [0.15, 0.2) is 0 Å². The second kappa shape index (κ2) is 3.84. The number of hydrogen-bond donors (Lipinski definition) is 2. The van der Waals surface area contributed by atoms with Crippen LogP contribution in [0.5, 0.6) is 0 Å². The molecule has 86 valence electrons. The molecule has 3 N–H and O–H groups in total. The van der Waals surface area contributed by atoms with E-state index in [0.717, 1.165) is 24.7 Å². The summed E-state index contributed by atoms with van der Waals surface area (Å²) in [6.45, 7) is 2.17. The number of fused-ring (bicyclic) bond motifs is 1. The molecule has 1 heterocycles. The van der Waals surface area contributed by atoms with Crippen molar-refractivity contribution in [3.8, 4) is 0 Å². The minimum absolute atomic E-state index is 0.0190. The van der Waals surface area contributed by atoms with Gasteiger partial charge in [-0.2, -0.15) is 0 Å². The molecule has 1 unspecified atom stereocenters. The molecule has 1 aromatic carbocycles. The van der Waals surface area contributed by atoms with Gasteiger partial charge < -0.3 is 10.8 Å². The van der Waals surface area contributed by atoms with Gasteiger partial charge in [-0.25, -0.2) is 0 Å². The molecule has 1 aliphatic heterocycles. The Kier molecular flexibility index (Phi) is 2.46. The van der Waals surface area contributed by atoms with E-state index in [1.165, 1.54) is 24.0 Å². The van der Waals surface area contributed by atoms with Crippen LogP contribution in [-0.4, -0.2) is 22.7 Å². The zero-order valence-corrected chi connectivity index (χ0v) is 9.39. The molecule has 1 atom stereocenters. The molecular weight excluding hydrogens is 200 g/mol. The van der Waals surface area contributed by atoms with Crippen molar-refractivity contribution < 1.29 is 5.11 Å². The maximum absolute atomic E-state index is 9.05. The first kappa shape index (κ1) is 10.3. The van der Waals surface area contributed by atoms with Gasteiger partial charge >= 0.3 is 0 Å². The van der Waals surface area contributed by atoms with Gasteiger partial charge in [0.25, 0.3) is 0 Å². The highest BCUT2D eigenvalue weighted by Crippen LogP contribution is 2.35. The number of aliphatic hydroxyl groups is 1. The lowest BCUT2D eigenvalue weighted by atomic mass is 10.0. The van der Waals surface area contributed by atoms with Gasteiger partial charge in [-0.15, -0.1) is 0 Å². The average molecular weight is 218 g/mol. The third kappa shape index (κ3) is 1.75. The Morgan fingerprint density at radius 1 is 1.31 bits per heavy atom. The van der Waals surface area contributed by atoms with Crippen molar-refractivity contribution in [3.05, 3.63) is 34.9 Å². The molecule has 0 bridgehead atoms. The maximum atomic E-state index is 9.05. The van der Waals surface area contributed by atoms with Crippen LogP contribution in [0.2, 0.25) is 0 Å². The third-order valence-corrected chi connectivity index (χ3v) is 3.67. The van der Waals surface area contributed by atoms with Crippen LogP contribution in [0.1, 0.15) is 35.6 Å². The molecule has 0 amide bonds. The van der Waals surface area contributed by atoms with E-state index in [4.69, 9.17) is 10.8 Å². The molecule has 1 fully saturated rings. The quantitative estimate of drug-likeness (QED) is 0.800. The van der Waals surface area contributed by atoms with E-state index < -0.39 is 0 Å². The van der Waals surface area contributed by atoms with Crippen LogP contribution in [0.3, 0.4) is 0 Å². The fraction of sp³-hybridized carbons (Fsp3) is 0.538. The smallest absolute Gasteiger partial charge is 0.0624 e. The summed E-state index contributed by atoms with van der Waals surface area (Å²) in [6, 6.07) is 6.97. The average Bonchev–Trinajstić information content (AvgIpc) is 3.07. The van der Waals surface area contributed by atoms with E-state index in [0.29, 0.717) is 0 Å². The molecule has 3 nitrogen and oxygen atoms in total. The van der Waals surface area contributed by atoms with E-state index >= 15 is 0 Å². The first-order valence-electron chi connectivity index (χ1n) is 6.00. The highest BCUT2D eigenvalue weighted by molar-refractivity contribution is 5.36. The molecule has 0 saturated heterocycles. The van der Waals surface area contributed by atoms with Gasteiger partial charge in [0.1, 0.15) is 0 Å². The molecule has 3 heteroatoms. The van der Waals surface area contributed by atoms with Crippen LogP contribution >= 0.6 is 0 Å². The minimum Gasteiger partial charge on any atom is -0.394 e. The molecule has 1 aromatic rings. The summed E-state index contributed by atoms with van der Waals surface area (Å²) >= 11 is 0. The molecule has 16 heavy (non-hydrogen) atoms. The Morgan fingerprint density at radius 3 is 2.75 bits per heavy atom. The summed E-state index contributed by atoms with van der Waals surface area (Å²) in [5.41, 5.74) is 9.71. The Balaban J connectivity index is 1.82. The predicted molar refractivity (Wildman–Crippen MR) is 62.7 cm³/mol. The highest BCUT2D eigenvalue weighted by atomic mass is 16.3. The molecule has 3 rings (SSSR count). The summed E-state index contributed by atoms with van der Waals surface area (Å²) < 4.78 is 0. The van der Waals surface area contributed by atoms with Gasteiger partial charge in [-0.05, 0) is 29.5 Å². The number of nitrogens with zero attached hydrogens (tertiary/aromatic N) is 1. The minimum atomic E-state index is -0.236. The number of hydrogen-bond acceptors (Lipinski definition) is 3. The van der Waals surface area contributed by atoms with Gasteiger partial charge in [-0.1, -0.05) is 18.2 Å². The molecule has 1 aliphatic carbocycles. The normalized spacial score (nSPS) is 22.1. The van der Waals surface area contributed by atoms with Crippen molar-refractivity contribution >= 4 is 0 Å². The van der Waals surface area contributed by atoms with Crippen molar-refractivity contribution in [3.63, 3.8) is 0 Å². The van der Waals surface area contributed by atoms with Crippen LogP contribution in [0.15, 0.2) is 18.2 Å². The van der Waals surface area contributed by atoms with Gasteiger partial charge in [0, 0.05) is 19.1 Å². The summed E-state index contributed by atoms with van der Waals surface area (Å²) in [6.07, 6.45) is 2.72. The Morgan fingerprint density at radius 2 is 2.06 bits per heavy atom. The van der Waals surface area contributed by atoms with Crippen LogP contribution in [0.25, 0.3) is 0 Å². The lowest BCUT2D eigenvalue weighted by Crippen LogP contribution is -2.18. The fourth-order valence-electron chi connectivity index (χ4n) is 2.47. The Labute approximate surface area is 95.9 Å². The van der Waals surface area contributed by atoms with Crippen LogP contribution < -0.4 is 5.73 Å². The molecule has 0 radical (unpaired) electrons. The van der Waals surface area contributed by atoms with E-state index in [2.05, 4.69) is 23.1 Å². The SMILES string of the molecule is NC(CO)c1ccc2c(c1)CN(C1CC1)C2. The maximum Gasteiger partial charge on any atom is 0.0624 e. The van der Waals surface area contributed by atoms with Crippen molar-refractivity contribution in [2.45, 2.75) is 38.0 Å². The number of rotatable bonds is 3. The number of nitrogens with two attached hydrogens (primary N) is 1. The van der Waals surface area contributed by atoms with Gasteiger partial charge in [0.05, 0.1) is 12.6 Å². The monoisotopic (exact) mass is 218 g/mol. The predicted octanol–water partition coefficient (Wildman–Crippen LogP) is 1.16. The van der Waals surface area contributed by atoms with Crippen LogP contribution in [-0.2, 0) is 13.1 Å². The third-order valence-electron chi connectivity index (χ3n) is 3.67. The van der Waals surface area contributed by atoms with Crippen LogP contribution in [0, 0.1) is 0 Å². The molecule has 2 aliphatic rings. The topological polar surface area (TPSA) is 49.5 Å². The highest BCUT2D eigenvalue weighted by Gasteiger charge is 2.32. The first-order chi connectivity index (χ1) is 7.78. The zero-order valence-electron chi connectivity index (χ0n) is 9.39. The summed E-state index contributed by atoms with van der Waals surface area (Å²) in [5.74, 6) is 0. The van der Waals surface area contributed by atoms with E-state index in [9.17, 15) is 0 Å². The fourth-order valence-corrected chi connectivity index (χ4v) is 2.47. The van der Waals surface area contributed by atoms with Crippen molar-refractivity contribution in [1.29, 1.82) is 0 Å². The van der Waals surface area contributed by atoms with Crippen LogP contribution in [0.4, 0.5) is 0 Å². The standard InChI is InChI=1S/C13H18N2O/c14-13(8-16)9-1-2-10-6-15(12-3-4-12)7-11(10)5-9/h1-2,5,12-13,16H,3-4,6-8,14H2. The molecule has 0 aromatic heterocycles. The number of benzene rings is 1. The van der Waals surface area contributed by atoms with Crippen molar-refractivity contribution in [1.82, 2.24) is 4.90 Å². The lowest BCUT2D eigenvalue weighted by molar-refractivity contribution is 0.267. The zero-order chi connectivity index (χ0) is 11.1. The summed E-state index contributed by atoms with van der Waals surface area (Å²) in [4.78, 5) is 2.54. The largest absolute Gasteiger partial charge is 0.394 e. The Hall–Kier alpha value is -0.900. The lowest BCUT2D eigenvalue weighted by Gasteiger charge is -2.12.